The van der Waals surface area contributed by atoms with E-state index in [2.05, 4.69) is 5.32 Å². The summed E-state index contributed by atoms with van der Waals surface area (Å²) < 4.78 is 0. The second kappa shape index (κ2) is 6.61. The molecule has 1 unspecified atom stereocenters. The summed E-state index contributed by atoms with van der Waals surface area (Å²) in [5, 5.41) is 2.89. The lowest BCUT2D eigenvalue weighted by Crippen LogP contribution is -2.45. The maximum atomic E-state index is 12.2. The molecule has 1 N–H and O–H groups in total. The first kappa shape index (κ1) is 15.4. The van der Waals surface area contributed by atoms with Gasteiger partial charge >= 0.3 is 0 Å². The SMILES string of the molecule is Cc1cccc(N(C=O)C2CCCCNC2=O)c1N(C)C. The predicted octanol–water partition coefficient (Wildman–Crippen LogP) is 1.69. The Hall–Kier alpha value is -2.04. The average Bonchev–Trinajstić information content (AvgIpc) is 2.65. The third-order valence-corrected chi connectivity index (χ3v) is 3.90. The Morgan fingerprint density at radius 1 is 1.29 bits per heavy atom. The van der Waals surface area contributed by atoms with Gasteiger partial charge in [-0.15, -0.1) is 0 Å². The molecule has 1 fully saturated rings. The first-order valence-electron chi connectivity index (χ1n) is 7.34. The molecule has 21 heavy (non-hydrogen) atoms. The van der Waals surface area contributed by atoms with Crippen LogP contribution in [0.2, 0.25) is 0 Å². The molecule has 2 rings (SSSR count). The van der Waals surface area contributed by atoms with Crippen molar-refractivity contribution in [2.24, 2.45) is 0 Å². The molecule has 1 aromatic rings. The molecule has 0 aliphatic carbocycles. The van der Waals surface area contributed by atoms with Crippen molar-refractivity contribution < 1.29 is 9.59 Å². The lowest BCUT2D eigenvalue weighted by atomic mass is 10.1. The van der Waals surface area contributed by atoms with Crippen molar-refractivity contribution in [1.82, 2.24) is 5.32 Å². The highest BCUT2D eigenvalue weighted by Crippen LogP contribution is 2.33. The first-order chi connectivity index (χ1) is 10.1. The Bertz CT molecular complexity index is 528. The van der Waals surface area contributed by atoms with Crippen molar-refractivity contribution in [3.8, 4) is 0 Å². The Morgan fingerprint density at radius 3 is 2.71 bits per heavy atom. The number of carbonyl (C=O) groups is 2. The highest BCUT2D eigenvalue weighted by atomic mass is 16.2. The highest BCUT2D eigenvalue weighted by Gasteiger charge is 2.29. The zero-order valence-corrected chi connectivity index (χ0v) is 12.9. The van der Waals surface area contributed by atoms with E-state index in [4.69, 9.17) is 0 Å². The number of amides is 2. The van der Waals surface area contributed by atoms with Crippen molar-refractivity contribution >= 4 is 23.7 Å². The van der Waals surface area contributed by atoms with Gasteiger partial charge in [0.1, 0.15) is 6.04 Å². The third-order valence-electron chi connectivity index (χ3n) is 3.90. The molecular formula is C16H23N3O2. The van der Waals surface area contributed by atoms with Gasteiger partial charge in [0.15, 0.2) is 0 Å². The number of benzene rings is 1. The van der Waals surface area contributed by atoms with Gasteiger partial charge < -0.3 is 15.1 Å². The molecule has 0 aromatic heterocycles. The van der Waals surface area contributed by atoms with Crippen LogP contribution < -0.4 is 15.1 Å². The van der Waals surface area contributed by atoms with E-state index in [1.165, 1.54) is 0 Å². The highest BCUT2D eigenvalue weighted by molar-refractivity contribution is 5.95. The van der Waals surface area contributed by atoms with Crippen molar-refractivity contribution in [3.05, 3.63) is 23.8 Å². The van der Waals surface area contributed by atoms with Crippen molar-refractivity contribution in [2.75, 3.05) is 30.4 Å². The molecular weight excluding hydrogens is 266 g/mol. The quantitative estimate of drug-likeness (QED) is 0.858. The Labute approximate surface area is 125 Å². The van der Waals surface area contributed by atoms with Gasteiger partial charge in [0, 0.05) is 20.6 Å². The fourth-order valence-electron chi connectivity index (χ4n) is 2.92. The van der Waals surface area contributed by atoms with Gasteiger partial charge in [-0.3, -0.25) is 9.59 Å². The van der Waals surface area contributed by atoms with E-state index in [9.17, 15) is 9.59 Å². The molecule has 1 aliphatic rings. The van der Waals surface area contributed by atoms with Gasteiger partial charge in [0.2, 0.25) is 12.3 Å². The number of carbonyl (C=O) groups excluding carboxylic acids is 2. The number of aryl methyl sites for hydroxylation is 1. The minimum absolute atomic E-state index is 0.0641. The number of nitrogens with zero attached hydrogens (tertiary/aromatic N) is 2. The van der Waals surface area contributed by atoms with E-state index < -0.39 is 6.04 Å². The molecule has 2 amide bonds. The molecule has 0 spiro atoms. The Kier molecular flexibility index (Phi) is 4.83. The molecule has 1 heterocycles. The molecule has 1 saturated heterocycles. The van der Waals surface area contributed by atoms with Gasteiger partial charge in [-0.2, -0.15) is 0 Å². The molecule has 0 radical (unpaired) electrons. The van der Waals surface area contributed by atoms with Gasteiger partial charge in [0.05, 0.1) is 11.4 Å². The number of nitrogens with one attached hydrogen (secondary N) is 1. The molecule has 1 atom stereocenters. The van der Waals surface area contributed by atoms with E-state index in [1.54, 1.807) is 4.90 Å². The summed E-state index contributed by atoms with van der Waals surface area (Å²) in [7, 11) is 3.89. The zero-order valence-electron chi connectivity index (χ0n) is 12.9. The van der Waals surface area contributed by atoms with Crippen LogP contribution in [-0.4, -0.2) is 39.0 Å². The van der Waals surface area contributed by atoms with Crippen LogP contribution in [0, 0.1) is 6.92 Å². The van der Waals surface area contributed by atoms with E-state index in [1.807, 2.05) is 44.1 Å². The van der Waals surface area contributed by atoms with Gasteiger partial charge in [-0.25, -0.2) is 0 Å². The van der Waals surface area contributed by atoms with Crippen LogP contribution in [0.4, 0.5) is 11.4 Å². The van der Waals surface area contributed by atoms with E-state index in [0.29, 0.717) is 13.0 Å². The molecule has 1 aliphatic heterocycles. The minimum Gasteiger partial charge on any atom is -0.376 e. The fraction of sp³-hybridized carbons (Fsp3) is 0.500. The summed E-state index contributed by atoms with van der Waals surface area (Å²) in [6, 6.07) is 5.40. The van der Waals surface area contributed by atoms with Gasteiger partial charge in [-0.1, -0.05) is 12.1 Å². The molecule has 5 heteroatoms. The van der Waals surface area contributed by atoms with Crippen LogP contribution in [0.15, 0.2) is 18.2 Å². The maximum absolute atomic E-state index is 12.2. The van der Waals surface area contributed by atoms with Crippen LogP contribution in [0.25, 0.3) is 0 Å². The predicted molar refractivity (Wildman–Crippen MR) is 84.7 cm³/mol. The normalized spacial score (nSPS) is 18.6. The minimum atomic E-state index is -0.425. The van der Waals surface area contributed by atoms with Crippen LogP contribution in [0.1, 0.15) is 24.8 Å². The number of para-hydroxylation sites is 1. The fourth-order valence-corrected chi connectivity index (χ4v) is 2.92. The average molecular weight is 289 g/mol. The van der Waals surface area contributed by atoms with Crippen LogP contribution >= 0.6 is 0 Å². The van der Waals surface area contributed by atoms with E-state index in [-0.39, 0.29) is 5.91 Å². The van der Waals surface area contributed by atoms with Gasteiger partial charge in [0.25, 0.3) is 0 Å². The van der Waals surface area contributed by atoms with Crippen LogP contribution in [0.5, 0.6) is 0 Å². The number of rotatable bonds is 4. The third kappa shape index (κ3) is 3.17. The second-order valence-corrected chi connectivity index (χ2v) is 5.65. The lowest BCUT2D eigenvalue weighted by molar-refractivity contribution is -0.123. The van der Waals surface area contributed by atoms with Crippen molar-refractivity contribution in [3.63, 3.8) is 0 Å². The smallest absolute Gasteiger partial charge is 0.243 e. The second-order valence-electron chi connectivity index (χ2n) is 5.65. The Balaban J connectivity index is 2.43. The largest absolute Gasteiger partial charge is 0.376 e. The molecule has 0 saturated carbocycles. The number of anilines is 2. The van der Waals surface area contributed by atoms with Crippen molar-refractivity contribution in [2.45, 2.75) is 32.2 Å². The lowest BCUT2D eigenvalue weighted by Gasteiger charge is -2.30. The summed E-state index contributed by atoms with van der Waals surface area (Å²) in [6.07, 6.45) is 3.38. The number of hydrogen-bond acceptors (Lipinski definition) is 3. The monoisotopic (exact) mass is 289 g/mol. The van der Waals surface area contributed by atoms with Gasteiger partial charge in [-0.05, 0) is 37.8 Å². The standard InChI is InChI=1S/C16H23N3O2/c1-12-7-6-9-13(15(12)18(2)3)19(11-20)14-8-4-5-10-17-16(14)21/h6-7,9,11,14H,4-5,8,10H2,1-3H3,(H,17,21). The van der Waals surface area contributed by atoms with Crippen LogP contribution in [0.3, 0.4) is 0 Å². The summed E-state index contributed by atoms with van der Waals surface area (Å²) in [5.74, 6) is -0.0641. The molecule has 0 bridgehead atoms. The summed E-state index contributed by atoms with van der Waals surface area (Å²) in [5.41, 5.74) is 2.84. The zero-order chi connectivity index (χ0) is 15.4. The first-order valence-corrected chi connectivity index (χ1v) is 7.34. The van der Waals surface area contributed by atoms with Crippen LogP contribution in [-0.2, 0) is 9.59 Å². The van der Waals surface area contributed by atoms with E-state index >= 15 is 0 Å². The topological polar surface area (TPSA) is 52.7 Å². The summed E-state index contributed by atoms with van der Waals surface area (Å²) in [4.78, 5) is 27.5. The number of hydrogen-bond donors (Lipinski definition) is 1. The maximum Gasteiger partial charge on any atom is 0.243 e. The van der Waals surface area contributed by atoms with E-state index in [0.717, 1.165) is 36.2 Å². The summed E-state index contributed by atoms with van der Waals surface area (Å²) in [6.45, 7) is 2.70. The molecule has 5 nitrogen and oxygen atoms in total. The molecule has 114 valence electrons. The Morgan fingerprint density at radius 2 is 2.05 bits per heavy atom. The van der Waals surface area contributed by atoms with Crippen molar-refractivity contribution in [1.29, 1.82) is 0 Å². The molecule has 1 aromatic carbocycles. The summed E-state index contributed by atoms with van der Waals surface area (Å²) >= 11 is 0.